The second kappa shape index (κ2) is 29.6. The van der Waals surface area contributed by atoms with Crippen LogP contribution in [0, 0.1) is 11.8 Å². The first kappa shape index (κ1) is 68.3. The van der Waals surface area contributed by atoms with Crippen LogP contribution in [0.1, 0.15) is 58.8 Å². The minimum Gasteiger partial charge on any atom is -1.00 e. The Balaban J connectivity index is -0.0000000646. The number of hydrogen-bond acceptors (Lipinski definition) is 16. The van der Waals surface area contributed by atoms with E-state index in [4.69, 9.17) is 64.6 Å². The van der Waals surface area contributed by atoms with Crippen LogP contribution in [0.5, 0.6) is 0 Å². The van der Waals surface area contributed by atoms with Crippen LogP contribution in [0.25, 0.3) is 0 Å². The van der Waals surface area contributed by atoms with Crippen LogP contribution in [-0.2, 0) is 63.9 Å². The van der Waals surface area contributed by atoms with Crippen LogP contribution < -0.4 is 59.1 Å². The fourth-order valence-corrected chi connectivity index (χ4v) is 4.82. The number of halogens is 4. The van der Waals surface area contributed by atoms with Crippen molar-refractivity contribution in [2.24, 2.45) is 11.8 Å². The van der Waals surface area contributed by atoms with Gasteiger partial charge in [0, 0.05) is 7.11 Å². The van der Waals surface area contributed by atoms with Gasteiger partial charge >= 0.3 is 93.5 Å². The normalized spacial score (nSPS) is 29.2. The first-order valence-corrected chi connectivity index (χ1v) is 14.1. The molecule has 0 aliphatic carbocycles. The Morgan fingerprint density at radius 2 is 1.12 bits per heavy atom. The molecule has 18 nitrogen and oxygen atoms in total. The third kappa shape index (κ3) is 21.7. The van der Waals surface area contributed by atoms with E-state index in [0.29, 0.717) is 12.8 Å². The largest absolute Gasteiger partial charge is 1.00 e. The minimum absolute atomic E-state index is 0. The Hall–Kier alpha value is -0.740. The predicted octanol–water partition coefficient (Wildman–Crippen LogP) is -4.60. The number of carboxylic acid groups (broad SMARTS) is 1. The van der Waals surface area contributed by atoms with E-state index in [0.717, 1.165) is 7.11 Å². The fraction of sp³-hybridized carbons (Fsp3) is 0.840. The average molecular weight is 825 g/mol. The van der Waals surface area contributed by atoms with E-state index in [2.05, 4.69) is 0 Å². The molecule has 4 N–H and O–H groups in total. The van der Waals surface area contributed by atoms with Crippen molar-refractivity contribution in [1.29, 1.82) is 0 Å². The Kier molecular flexibility index (Phi) is 39.6. The number of aliphatic carboxylic acids is 1. The van der Waals surface area contributed by atoms with Crippen LogP contribution in [-0.4, -0.2) is 134 Å². The fourth-order valence-electron chi connectivity index (χ4n) is 4.82. The van der Waals surface area contributed by atoms with E-state index >= 15 is 0 Å². The second-order valence-corrected chi connectivity index (χ2v) is 10.3. The number of carbonyl (C=O) groups excluding carboxylic acids is 3. The molecule has 10 unspecified atom stereocenters. The smallest absolute Gasteiger partial charge is 1.00 e. The summed E-state index contributed by atoms with van der Waals surface area (Å²) >= 11 is 0. The van der Waals surface area contributed by atoms with Gasteiger partial charge in [0.15, 0.2) is 31.7 Å². The molecule has 51 heavy (non-hydrogen) atoms. The third-order valence-corrected chi connectivity index (χ3v) is 6.09. The van der Waals surface area contributed by atoms with Crippen LogP contribution in [0.4, 0.5) is 16.6 Å². The van der Waals surface area contributed by atoms with Gasteiger partial charge in [0.1, 0.15) is 18.3 Å². The summed E-state index contributed by atoms with van der Waals surface area (Å²) in [5, 5.41) is 23.8. The quantitative estimate of drug-likeness (QED) is 0.0520. The molecule has 26 heteroatoms. The van der Waals surface area contributed by atoms with E-state index in [-0.39, 0.29) is 159 Å². The molecule has 6 heterocycles. The number of carbonyl (C=O) groups is 4. The number of ether oxygens (including phenoxy) is 5. The number of fused-ring (bicyclic) bond motifs is 2. The Morgan fingerprint density at radius 1 is 0.804 bits per heavy atom. The van der Waals surface area contributed by atoms with E-state index in [9.17, 15) is 36.0 Å². The third-order valence-electron chi connectivity index (χ3n) is 6.09. The van der Waals surface area contributed by atoms with Crippen LogP contribution in [0.2, 0.25) is 0 Å². The molecule has 6 saturated heterocycles. The number of rotatable bonds is 3. The Labute approximate surface area is 342 Å². The van der Waals surface area contributed by atoms with Crippen molar-refractivity contribution in [2.45, 2.75) is 106 Å². The van der Waals surface area contributed by atoms with Gasteiger partial charge in [-0.3, -0.25) is 14.1 Å². The molecule has 6 aliphatic heterocycles. The maximum atomic E-state index is 12.0. The van der Waals surface area contributed by atoms with Gasteiger partial charge in [-0.15, -0.1) is 3.89 Å². The van der Waals surface area contributed by atoms with Gasteiger partial charge in [0.05, 0.1) is 24.0 Å². The van der Waals surface area contributed by atoms with E-state index in [1.54, 1.807) is 0 Å². The number of esters is 3. The standard InChI is InChI=1S/C9H9FO5.C7H8O4.C2H3FO2.CH4O.6CH4.2FHO3S.2Na.H/c10-2-5(11)14-7-4-1-3-6(13-4)8(7)15-9(3)12;8-4-3-1-2-5(10-3)6(4)11-7(2)9;3-1-2(4)5;1-2;;;;;;;2*1-5(2,3)4;;;/h3-4,6-8H,1-2H2;2-6,8H,1H2;1H2,(H,4,5);2H,1H3;6*1H4;2*(H,2,3,4);;;/q;;;;;;;;;;;;2*+1;-1/p-1. The summed E-state index contributed by atoms with van der Waals surface area (Å²) in [5.41, 5.74) is 0. The van der Waals surface area contributed by atoms with Crippen molar-refractivity contribution in [3.05, 3.63) is 0 Å². The molecular weight excluding hydrogens is 774 g/mol. The maximum absolute atomic E-state index is 12.0. The summed E-state index contributed by atoms with van der Waals surface area (Å²) in [6.07, 6.45) is -1.88. The molecule has 0 aromatic rings. The van der Waals surface area contributed by atoms with Crippen molar-refractivity contribution in [2.75, 3.05) is 20.5 Å². The molecule has 10 atom stereocenters. The summed E-state index contributed by atoms with van der Waals surface area (Å²) in [5.74, 6) is -3.15. The number of hydrogen-bond donors (Lipinski definition) is 4. The molecule has 0 saturated carbocycles. The summed E-state index contributed by atoms with van der Waals surface area (Å²) in [7, 11) is -9.58. The molecule has 6 rings (SSSR count). The molecule has 0 radical (unpaired) electrons. The number of alkyl halides is 2. The van der Waals surface area contributed by atoms with Crippen molar-refractivity contribution in [3.8, 4) is 0 Å². The van der Waals surface area contributed by atoms with Gasteiger partial charge in [0.25, 0.3) is 10.5 Å². The van der Waals surface area contributed by atoms with Crippen molar-refractivity contribution < 1.29 is 161 Å². The van der Waals surface area contributed by atoms with Crippen molar-refractivity contribution in [1.82, 2.24) is 0 Å². The van der Waals surface area contributed by atoms with Gasteiger partial charge in [-0.05, 0) is 12.8 Å². The van der Waals surface area contributed by atoms with Crippen LogP contribution >= 0.6 is 0 Å². The molecule has 0 aromatic carbocycles. The zero-order chi connectivity index (χ0) is 33.4. The van der Waals surface area contributed by atoms with E-state index < -0.39 is 64.6 Å². The summed E-state index contributed by atoms with van der Waals surface area (Å²) in [4.78, 5) is 42.1. The van der Waals surface area contributed by atoms with Crippen LogP contribution in [0.3, 0.4) is 0 Å². The minimum atomic E-state index is -5.42. The topological polar surface area (TPSA) is 287 Å². The summed E-state index contributed by atoms with van der Waals surface area (Å²) < 4.78 is 118. The Morgan fingerprint density at radius 3 is 1.43 bits per heavy atom. The van der Waals surface area contributed by atoms with Gasteiger partial charge in [0.2, 0.25) is 0 Å². The van der Waals surface area contributed by atoms with Crippen LogP contribution in [0.15, 0.2) is 0 Å². The monoisotopic (exact) mass is 824 g/mol. The molecule has 0 amide bonds. The van der Waals surface area contributed by atoms with Crippen molar-refractivity contribution >= 4 is 44.9 Å². The number of aliphatic hydroxyl groups is 2. The summed E-state index contributed by atoms with van der Waals surface area (Å²) in [6.45, 7) is -2.45. The first-order valence-electron chi connectivity index (χ1n) is 11.5. The molecule has 6 aliphatic rings. The maximum Gasteiger partial charge on any atom is 1.00 e. The van der Waals surface area contributed by atoms with Gasteiger partial charge in [-0.1, -0.05) is 48.4 Å². The zero-order valence-corrected chi connectivity index (χ0v) is 29.1. The van der Waals surface area contributed by atoms with Gasteiger partial charge < -0.3 is 45.0 Å². The van der Waals surface area contributed by atoms with Gasteiger partial charge in [-0.25, -0.2) is 26.8 Å². The van der Waals surface area contributed by atoms with Crippen molar-refractivity contribution in [3.63, 3.8) is 0 Å². The average Bonchev–Trinajstić information content (AvgIpc) is 3.69. The number of carboxylic acids is 1. The number of aliphatic hydroxyl groups excluding tert-OH is 2. The van der Waals surface area contributed by atoms with Gasteiger partial charge in [-0.2, -0.15) is 8.42 Å². The summed E-state index contributed by atoms with van der Waals surface area (Å²) in [6, 6.07) is 0. The zero-order valence-electron chi connectivity index (χ0n) is 24.4. The van der Waals surface area contributed by atoms with E-state index in [1.807, 2.05) is 0 Å². The predicted molar refractivity (Wildman–Crippen MR) is 162 cm³/mol. The molecule has 4 bridgehead atoms. The molecule has 0 spiro atoms. The SMILES string of the molecule is C.C.C.C.C.C.CO.O=C(CF)OC1C2CC3C(=O)OC1C3O2.O=C(O)CF.O=C1OC2C(O)C3CC1C2O3.O=S(=O)(O)F.O=S(=O)([O-])F.[H-].[Na+].[Na+]. The van der Waals surface area contributed by atoms with E-state index in [1.165, 1.54) is 0 Å². The molecule has 0 aromatic heterocycles. The Bertz CT molecular complexity index is 1200. The molecular formula is C25H50F4Na2O18S2. The molecule has 300 valence electrons. The molecule has 6 fully saturated rings. The first-order chi connectivity index (χ1) is 19.7. The second-order valence-electron chi connectivity index (χ2n) is 8.68.